The Hall–Kier alpha value is -3.13. The molecule has 4 rings (SSSR count). The molecule has 1 aliphatic rings. The molecule has 3 aromatic rings. The van der Waals surface area contributed by atoms with Crippen LogP contribution in [-0.2, 0) is 0 Å². The fourth-order valence-electron chi connectivity index (χ4n) is 3.65. The Balaban J connectivity index is 1.47. The van der Waals surface area contributed by atoms with Gasteiger partial charge < -0.3 is 10.2 Å². The number of thiazole rings is 1. The highest BCUT2D eigenvalue weighted by Gasteiger charge is 2.29. The van der Waals surface area contributed by atoms with Crippen molar-refractivity contribution in [2.45, 2.75) is 32.6 Å². The number of hydrogen-bond donors (Lipinski definition) is 1. The standard InChI is InChI=1S/C22H23N5O2S/c1-14-18(21(28)26-17-8-4-3-5-9-17)11-23-20(25-14)16-7-6-10-27(12-16)22(29)19-15(2)24-13-30-19/h3-5,8-9,11,13,16H,6-7,10,12H2,1-2H3,(H,26,28). The molecule has 8 heteroatoms. The average molecular weight is 422 g/mol. The first-order valence-electron chi connectivity index (χ1n) is 9.92. The number of para-hydroxylation sites is 1. The molecular weight excluding hydrogens is 398 g/mol. The minimum absolute atomic E-state index is 0.0234. The van der Waals surface area contributed by atoms with Crippen LogP contribution in [0.3, 0.4) is 0 Å². The third-order valence-electron chi connectivity index (χ3n) is 5.29. The maximum absolute atomic E-state index is 12.8. The van der Waals surface area contributed by atoms with E-state index in [9.17, 15) is 9.59 Å². The smallest absolute Gasteiger partial charge is 0.265 e. The number of nitrogens with zero attached hydrogens (tertiary/aromatic N) is 4. The van der Waals surface area contributed by atoms with Gasteiger partial charge in [-0.15, -0.1) is 11.3 Å². The van der Waals surface area contributed by atoms with Crippen molar-refractivity contribution >= 4 is 28.8 Å². The molecule has 0 spiro atoms. The molecular formula is C22H23N5O2S. The van der Waals surface area contributed by atoms with Crippen molar-refractivity contribution in [3.63, 3.8) is 0 Å². The number of piperidine rings is 1. The summed E-state index contributed by atoms with van der Waals surface area (Å²) in [5.74, 6) is 0.532. The summed E-state index contributed by atoms with van der Waals surface area (Å²) >= 11 is 1.38. The first-order valence-corrected chi connectivity index (χ1v) is 10.8. The monoisotopic (exact) mass is 421 g/mol. The minimum Gasteiger partial charge on any atom is -0.337 e. The molecule has 1 atom stereocenters. The van der Waals surface area contributed by atoms with Gasteiger partial charge in [0.15, 0.2) is 0 Å². The van der Waals surface area contributed by atoms with Gasteiger partial charge in [-0.1, -0.05) is 18.2 Å². The van der Waals surface area contributed by atoms with E-state index >= 15 is 0 Å². The molecule has 1 aromatic carbocycles. The van der Waals surface area contributed by atoms with Gasteiger partial charge >= 0.3 is 0 Å². The van der Waals surface area contributed by atoms with Gasteiger partial charge in [0.05, 0.1) is 22.5 Å². The molecule has 2 amide bonds. The van der Waals surface area contributed by atoms with Gasteiger partial charge in [-0.3, -0.25) is 9.59 Å². The van der Waals surface area contributed by atoms with Gasteiger partial charge in [0.2, 0.25) is 0 Å². The van der Waals surface area contributed by atoms with Gasteiger partial charge in [0.1, 0.15) is 10.7 Å². The van der Waals surface area contributed by atoms with E-state index in [2.05, 4.69) is 20.3 Å². The predicted molar refractivity (Wildman–Crippen MR) is 116 cm³/mol. The van der Waals surface area contributed by atoms with Gasteiger partial charge in [-0.25, -0.2) is 15.0 Å². The number of aromatic nitrogens is 3. The molecule has 0 radical (unpaired) electrons. The van der Waals surface area contributed by atoms with Crippen LogP contribution >= 0.6 is 11.3 Å². The summed E-state index contributed by atoms with van der Waals surface area (Å²) in [7, 11) is 0. The summed E-state index contributed by atoms with van der Waals surface area (Å²) in [4.78, 5) is 41.3. The van der Waals surface area contributed by atoms with Crippen molar-refractivity contribution in [1.29, 1.82) is 0 Å². The minimum atomic E-state index is -0.230. The molecule has 1 unspecified atom stereocenters. The van der Waals surface area contributed by atoms with Crippen LogP contribution in [0.25, 0.3) is 0 Å². The average Bonchev–Trinajstić information content (AvgIpc) is 3.19. The van der Waals surface area contributed by atoms with E-state index in [4.69, 9.17) is 0 Å². The van der Waals surface area contributed by atoms with Crippen molar-refractivity contribution in [3.8, 4) is 0 Å². The maximum Gasteiger partial charge on any atom is 0.265 e. The van der Waals surface area contributed by atoms with Crippen LogP contribution in [0.15, 0.2) is 42.0 Å². The molecule has 30 heavy (non-hydrogen) atoms. The molecule has 1 fully saturated rings. The molecule has 1 saturated heterocycles. The van der Waals surface area contributed by atoms with E-state index in [1.165, 1.54) is 11.3 Å². The number of benzene rings is 1. The van der Waals surface area contributed by atoms with E-state index in [1.54, 1.807) is 11.7 Å². The largest absolute Gasteiger partial charge is 0.337 e. The van der Waals surface area contributed by atoms with Crippen molar-refractivity contribution in [2.24, 2.45) is 0 Å². The van der Waals surface area contributed by atoms with Crippen LogP contribution in [0.1, 0.15) is 56.0 Å². The first-order chi connectivity index (χ1) is 14.5. The zero-order valence-corrected chi connectivity index (χ0v) is 17.8. The van der Waals surface area contributed by atoms with Crippen LogP contribution < -0.4 is 5.32 Å². The zero-order chi connectivity index (χ0) is 21.1. The summed E-state index contributed by atoms with van der Waals surface area (Å²) in [5, 5.41) is 2.86. The topological polar surface area (TPSA) is 88.1 Å². The molecule has 0 saturated carbocycles. The van der Waals surface area contributed by atoms with Gasteiger partial charge in [-0.2, -0.15) is 0 Å². The Labute approximate surface area is 179 Å². The number of nitrogens with one attached hydrogen (secondary N) is 1. The maximum atomic E-state index is 12.8. The molecule has 1 N–H and O–H groups in total. The fourth-order valence-corrected chi connectivity index (χ4v) is 4.42. The van der Waals surface area contributed by atoms with E-state index in [0.29, 0.717) is 28.5 Å². The Morgan fingerprint density at radius 2 is 1.93 bits per heavy atom. The number of carbonyl (C=O) groups excluding carboxylic acids is 2. The number of aryl methyl sites for hydroxylation is 2. The third-order valence-corrected chi connectivity index (χ3v) is 6.20. The number of rotatable bonds is 4. The second-order valence-electron chi connectivity index (χ2n) is 7.40. The SMILES string of the molecule is Cc1nc(C2CCCN(C(=O)c3scnc3C)C2)ncc1C(=O)Nc1ccccc1. The number of anilines is 1. The number of carbonyl (C=O) groups is 2. The van der Waals surface area contributed by atoms with Crippen LogP contribution in [0.2, 0.25) is 0 Å². The van der Waals surface area contributed by atoms with E-state index in [0.717, 1.165) is 30.8 Å². The van der Waals surface area contributed by atoms with Crippen molar-refractivity contribution in [3.05, 3.63) is 69.7 Å². The van der Waals surface area contributed by atoms with Crippen LogP contribution in [-0.4, -0.2) is 44.8 Å². The molecule has 1 aliphatic heterocycles. The van der Waals surface area contributed by atoms with Crippen LogP contribution in [0.5, 0.6) is 0 Å². The molecule has 0 bridgehead atoms. The highest BCUT2D eigenvalue weighted by Crippen LogP contribution is 2.27. The molecule has 2 aromatic heterocycles. The zero-order valence-electron chi connectivity index (χ0n) is 17.0. The van der Waals surface area contributed by atoms with E-state index in [1.807, 2.05) is 49.1 Å². The summed E-state index contributed by atoms with van der Waals surface area (Å²) in [6.07, 6.45) is 3.40. The van der Waals surface area contributed by atoms with E-state index in [-0.39, 0.29) is 17.7 Å². The van der Waals surface area contributed by atoms with Crippen molar-refractivity contribution < 1.29 is 9.59 Å². The lowest BCUT2D eigenvalue weighted by molar-refractivity contribution is 0.0708. The quantitative estimate of drug-likeness (QED) is 0.692. The number of amides is 2. The Kier molecular flexibility index (Phi) is 5.85. The van der Waals surface area contributed by atoms with Gasteiger partial charge in [-0.05, 0) is 38.8 Å². The first kappa shape index (κ1) is 20.2. The molecule has 7 nitrogen and oxygen atoms in total. The second kappa shape index (κ2) is 8.71. The Bertz CT molecular complexity index is 1070. The van der Waals surface area contributed by atoms with Crippen LogP contribution in [0.4, 0.5) is 5.69 Å². The Morgan fingerprint density at radius 1 is 1.13 bits per heavy atom. The molecule has 154 valence electrons. The third kappa shape index (κ3) is 4.23. The lowest BCUT2D eigenvalue weighted by Crippen LogP contribution is -2.39. The summed E-state index contributed by atoms with van der Waals surface area (Å²) in [6, 6.07) is 9.30. The van der Waals surface area contributed by atoms with Gasteiger partial charge in [0.25, 0.3) is 11.8 Å². The summed E-state index contributed by atoms with van der Waals surface area (Å²) in [6.45, 7) is 4.97. The summed E-state index contributed by atoms with van der Waals surface area (Å²) < 4.78 is 0. The normalized spacial score (nSPS) is 16.3. The highest BCUT2D eigenvalue weighted by molar-refractivity contribution is 7.11. The van der Waals surface area contributed by atoms with Crippen molar-refractivity contribution in [2.75, 3.05) is 18.4 Å². The molecule has 3 heterocycles. The summed E-state index contributed by atoms with van der Waals surface area (Å²) in [5.41, 5.74) is 4.29. The van der Waals surface area contributed by atoms with E-state index < -0.39 is 0 Å². The van der Waals surface area contributed by atoms with Gasteiger partial charge in [0, 0.05) is 30.9 Å². The Morgan fingerprint density at radius 3 is 2.63 bits per heavy atom. The number of hydrogen-bond acceptors (Lipinski definition) is 6. The fraction of sp³-hybridized carbons (Fsp3) is 0.318. The van der Waals surface area contributed by atoms with Crippen molar-refractivity contribution in [1.82, 2.24) is 19.9 Å². The lowest BCUT2D eigenvalue weighted by Gasteiger charge is -2.32. The lowest BCUT2D eigenvalue weighted by atomic mass is 9.96. The second-order valence-corrected chi connectivity index (χ2v) is 8.26. The predicted octanol–water partition coefficient (Wildman–Crippen LogP) is 3.82. The van der Waals surface area contributed by atoms with Crippen LogP contribution in [0, 0.1) is 13.8 Å². The molecule has 0 aliphatic carbocycles. The number of likely N-dealkylation sites (tertiary alicyclic amines) is 1. The highest BCUT2D eigenvalue weighted by atomic mass is 32.1.